The second-order valence-electron chi connectivity index (χ2n) is 6.35. The fourth-order valence-electron chi connectivity index (χ4n) is 2.62. The first-order chi connectivity index (χ1) is 14.6. The van der Waals surface area contributed by atoms with Crippen molar-refractivity contribution in [3.8, 4) is 11.5 Å². The Labute approximate surface area is 177 Å². The first kappa shape index (κ1) is 22.7. The predicted octanol–water partition coefficient (Wildman–Crippen LogP) is 4.44. The summed E-state index contributed by atoms with van der Waals surface area (Å²) in [5, 5.41) is 5.45. The van der Waals surface area contributed by atoms with Gasteiger partial charge < -0.3 is 20.1 Å². The highest BCUT2D eigenvalue weighted by molar-refractivity contribution is 6.07. The third kappa shape index (κ3) is 6.81. The number of hydrogen-bond acceptors (Lipinski definition) is 4. The summed E-state index contributed by atoms with van der Waals surface area (Å²) in [5.41, 5.74) is 1.62. The lowest BCUT2D eigenvalue weighted by Gasteiger charge is -2.12. The molecular formula is C24H28N2O4. The Kier molecular flexibility index (Phi) is 9.18. The fourth-order valence-corrected chi connectivity index (χ4v) is 2.62. The number of ether oxygens (including phenoxy) is 2. The summed E-state index contributed by atoms with van der Waals surface area (Å²) in [4.78, 5) is 24.6. The van der Waals surface area contributed by atoms with Gasteiger partial charge in [0, 0.05) is 12.6 Å². The molecule has 0 radical (unpaired) electrons. The van der Waals surface area contributed by atoms with E-state index < -0.39 is 0 Å². The van der Waals surface area contributed by atoms with Crippen molar-refractivity contribution < 1.29 is 19.1 Å². The van der Waals surface area contributed by atoms with E-state index in [-0.39, 0.29) is 11.8 Å². The number of anilines is 1. The summed E-state index contributed by atoms with van der Waals surface area (Å²) >= 11 is 0. The molecule has 0 aliphatic rings. The van der Waals surface area contributed by atoms with E-state index in [1.165, 1.54) is 6.08 Å². The minimum atomic E-state index is -0.344. The highest BCUT2D eigenvalue weighted by Gasteiger charge is 2.11. The van der Waals surface area contributed by atoms with Crippen LogP contribution in [0.4, 0.5) is 5.69 Å². The molecule has 2 rings (SSSR count). The van der Waals surface area contributed by atoms with Gasteiger partial charge >= 0.3 is 0 Å². The zero-order chi connectivity index (χ0) is 21.8. The maximum atomic E-state index is 12.4. The molecule has 0 heterocycles. The monoisotopic (exact) mass is 408 g/mol. The summed E-state index contributed by atoms with van der Waals surface area (Å²) in [6, 6.07) is 12.3. The van der Waals surface area contributed by atoms with E-state index in [1.807, 2.05) is 32.0 Å². The second-order valence-corrected chi connectivity index (χ2v) is 6.35. The Morgan fingerprint density at radius 3 is 2.60 bits per heavy atom. The minimum Gasteiger partial charge on any atom is -0.490 e. The Hall–Kier alpha value is -3.54. The van der Waals surface area contributed by atoms with Crippen molar-refractivity contribution in [2.75, 3.05) is 25.1 Å². The van der Waals surface area contributed by atoms with Crippen molar-refractivity contribution in [2.45, 2.75) is 20.3 Å². The number of hydrogen-bond donors (Lipinski definition) is 2. The van der Waals surface area contributed by atoms with Crippen LogP contribution in [-0.4, -0.2) is 31.6 Å². The molecule has 0 bridgehead atoms. The van der Waals surface area contributed by atoms with Crippen LogP contribution in [0.2, 0.25) is 0 Å². The van der Waals surface area contributed by atoms with Crippen molar-refractivity contribution >= 4 is 23.6 Å². The molecule has 2 N–H and O–H groups in total. The third-order valence-corrected chi connectivity index (χ3v) is 3.99. The van der Waals surface area contributed by atoms with Crippen molar-refractivity contribution in [1.29, 1.82) is 0 Å². The molecule has 6 nitrogen and oxygen atoms in total. The van der Waals surface area contributed by atoms with Crippen LogP contribution in [0, 0.1) is 0 Å². The number of amides is 2. The summed E-state index contributed by atoms with van der Waals surface area (Å²) in [5.74, 6) is 0.694. The Balaban J connectivity index is 2.10. The van der Waals surface area contributed by atoms with E-state index in [4.69, 9.17) is 9.47 Å². The van der Waals surface area contributed by atoms with Gasteiger partial charge in [-0.2, -0.15) is 0 Å². The van der Waals surface area contributed by atoms with Crippen molar-refractivity contribution in [3.05, 3.63) is 72.3 Å². The maximum absolute atomic E-state index is 12.4. The van der Waals surface area contributed by atoms with Gasteiger partial charge in [0.05, 0.1) is 24.5 Å². The lowest BCUT2D eigenvalue weighted by Crippen LogP contribution is -2.24. The van der Waals surface area contributed by atoms with E-state index >= 15 is 0 Å². The van der Waals surface area contributed by atoms with Crippen molar-refractivity contribution in [1.82, 2.24) is 5.32 Å². The van der Waals surface area contributed by atoms with E-state index in [1.54, 1.807) is 36.4 Å². The summed E-state index contributed by atoms with van der Waals surface area (Å²) in [7, 11) is 0. The van der Waals surface area contributed by atoms with Crippen LogP contribution in [0.25, 0.3) is 6.08 Å². The van der Waals surface area contributed by atoms with Crippen LogP contribution >= 0.6 is 0 Å². The predicted molar refractivity (Wildman–Crippen MR) is 120 cm³/mol. The summed E-state index contributed by atoms with van der Waals surface area (Å²) in [6.45, 7) is 8.99. The van der Waals surface area contributed by atoms with Gasteiger partial charge in [-0.05, 0) is 49.2 Å². The Morgan fingerprint density at radius 1 is 1.07 bits per heavy atom. The number of rotatable bonds is 11. The van der Waals surface area contributed by atoms with Gasteiger partial charge in [0.25, 0.3) is 5.91 Å². The van der Waals surface area contributed by atoms with Crippen LogP contribution in [-0.2, 0) is 4.79 Å². The smallest absolute Gasteiger partial charge is 0.253 e. The molecule has 2 amide bonds. The zero-order valence-corrected chi connectivity index (χ0v) is 17.4. The first-order valence-corrected chi connectivity index (χ1v) is 9.95. The highest BCUT2D eigenvalue weighted by Crippen LogP contribution is 2.29. The van der Waals surface area contributed by atoms with Crippen molar-refractivity contribution in [3.63, 3.8) is 0 Å². The molecule has 0 saturated carbocycles. The Morgan fingerprint density at radius 2 is 1.87 bits per heavy atom. The first-order valence-electron chi connectivity index (χ1n) is 9.95. The number of benzene rings is 2. The van der Waals surface area contributed by atoms with Gasteiger partial charge in [-0.3, -0.25) is 9.59 Å². The van der Waals surface area contributed by atoms with Gasteiger partial charge in [0.2, 0.25) is 5.91 Å². The molecule has 0 atom stereocenters. The molecule has 0 saturated heterocycles. The SMILES string of the molecule is C=CCNC(=O)c1ccccc1NC(=O)/C=C/c1ccc(OCCC)c(OCC)c1. The standard InChI is InChI=1S/C24H28N2O4/c1-4-15-25-24(28)19-9-7-8-10-20(19)26-23(27)14-12-18-11-13-21(30-16-5-2)22(17-18)29-6-3/h4,7-14,17H,1,5-6,15-16H2,2-3H3,(H,25,28)(H,26,27)/b14-12+. The van der Waals surface area contributed by atoms with Crippen LogP contribution in [0.3, 0.4) is 0 Å². The molecule has 0 spiro atoms. The topological polar surface area (TPSA) is 76.7 Å². The minimum absolute atomic E-state index is 0.279. The molecule has 0 aliphatic carbocycles. The summed E-state index contributed by atoms with van der Waals surface area (Å²) in [6.07, 6.45) is 5.59. The highest BCUT2D eigenvalue weighted by atomic mass is 16.5. The molecule has 0 fully saturated rings. The number of para-hydroxylation sites is 1. The van der Waals surface area contributed by atoms with E-state index in [2.05, 4.69) is 17.2 Å². The molecule has 0 unspecified atom stereocenters. The average Bonchev–Trinajstić information content (AvgIpc) is 2.76. The second kappa shape index (κ2) is 12.1. The quantitative estimate of drug-likeness (QED) is 0.426. The zero-order valence-electron chi connectivity index (χ0n) is 17.4. The normalized spacial score (nSPS) is 10.5. The number of nitrogens with one attached hydrogen (secondary N) is 2. The lowest BCUT2D eigenvalue weighted by molar-refractivity contribution is -0.111. The molecule has 2 aromatic carbocycles. The molecule has 0 aliphatic heterocycles. The van der Waals surface area contributed by atoms with Gasteiger partial charge in [0.1, 0.15) is 0 Å². The largest absolute Gasteiger partial charge is 0.490 e. The molecule has 0 aromatic heterocycles. The van der Waals surface area contributed by atoms with Gasteiger partial charge in [-0.15, -0.1) is 6.58 Å². The van der Waals surface area contributed by atoms with E-state index in [9.17, 15) is 9.59 Å². The summed E-state index contributed by atoms with van der Waals surface area (Å²) < 4.78 is 11.3. The van der Waals surface area contributed by atoms with E-state index in [0.717, 1.165) is 12.0 Å². The van der Waals surface area contributed by atoms with Gasteiger partial charge in [-0.1, -0.05) is 31.2 Å². The maximum Gasteiger partial charge on any atom is 0.253 e. The van der Waals surface area contributed by atoms with Gasteiger partial charge in [0.15, 0.2) is 11.5 Å². The van der Waals surface area contributed by atoms with Crippen LogP contribution < -0.4 is 20.1 Å². The average molecular weight is 408 g/mol. The molecular weight excluding hydrogens is 380 g/mol. The van der Waals surface area contributed by atoms with E-state index in [0.29, 0.717) is 42.5 Å². The van der Waals surface area contributed by atoms with Crippen LogP contribution in [0.5, 0.6) is 11.5 Å². The van der Waals surface area contributed by atoms with Crippen LogP contribution in [0.1, 0.15) is 36.2 Å². The fraction of sp³-hybridized carbons (Fsp3) is 0.250. The molecule has 158 valence electrons. The number of carbonyl (C=O) groups is 2. The third-order valence-electron chi connectivity index (χ3n) is 3.99. The van der Waals surface area contributed by atoms with Crippen molar-refractivity contribution in [2.24, 2.45) is 0 Å². The Bertz CT molecular complexity index is 906. The molecule has 30 heavy (non-hydrogen) atoms. The van der Waals surface area contributed by atoms with Gasteiger partial charge in [-0.25, -0.2) is 0 Å². The lowest BCUT2D eigenvalue weighted by atomic mass is 10.1. The molecule has 2 aromatic rings. The van der Waals surface area contributed by atoms with Crippen LogP contribution in [0.15, 0.2) is 61.2 Å². The number of carbonyl (C=O) groups excluding carboxylic acids is 2. The molecule has 6 heteroatoms.